The lowest BCUT2D eigenvalue weighted by molar-refractivity contribution is 0.279. The second-order valence-corrected chi connectivity index (χ2v) is 6.81. The van der Waals surface area contributed by atoms with Gasteiger partial charge in [0.2, 0.25) is 0 Å². The van der Waals surface area contributed by atoms with Crippen LogP contribution in [0, 0.1) is 5.41 Å². The normalized spacial score (nSPS) is 11.8. The van der Waals surface area contributed by atoms with Crippen LogP contribution in [-0.2, 0) is 0 Å². The molecule has 2 aromatic rings. The molecule has 30 heavy (non-hydrogen) atoms. The fraction of sp³-hybridized carbons (Fsp3) is 0.240. The van der Waals surface area contributed by atoms with Crippen molar-refractivity contribution < 1.29 is 9.47 Å². The average Bonchev–Trinajstić information content (AvgIpc) is 2.77. The van der Waals surface area contributed by atoms with Gasteiger partial charge < -0.3 is 20.9 Å². The van der Waals surface area contributed by atoms with E-state index in [-0.39, 0.29) is 5.84 Å². The Kier molecular flexibility index (Phi) is 9.80. The van der Waals surface area contributed by atoms with Crippen LogP contribution in [0.25, 0.3) is 12.2 Å². The van der Waals surface area contributed by atoms with E-state index < -0.39 is 0 Å². The Balaban J connectivity index is 1.59. The summed E-state index contributed by atoms with van der Waals surface area (Å²) in [6.45, 7) is 3.29. The Hall–Kier alpha value is -3.47. The van der Waals surface area contributed by atoms with Gasteiger partial charge in [-0.05, 0) is 73.7 Å². The summed E-state index contributed by atoms with van der Waals surface area (Å²) in [5.74, 6) is 1.76. The zero-order valence-electron chi connectivity index (χ0n) is 17.5. The zero-order chi connectivity index (χ0) is 21.6. The molecule has 5 N–H and O–H groups in total. The third-order valence-corrected chi connectivity index (χ3v) is 4.34. The summed E-state index contributed by atoms with van der Waals surface area (Å²) in [6, 6.07) is 15.7. The highest BCUT2D eigenvalue weighted by Gasteiger charge is 1.97. The molecule has 0 aliphatic carbocycles. The van der Waals surface area contributed by atoms with Crippen molar-refractivity contribution in [3.05, 3.63) is 83.6 Å². The molecule has 0 unspecified atom stereocenters. The zero-order valence-corrected chi connectivity index (χ0v) is 17.5. The maximum atomic E-state index is 7.19. The topological polar surface area (TPSA) is 94.4 Å². The van der Waals surface area contributed by atoms with Crippen LogP contribution in [0.2, 0.25) is 0 Å². The van der Waals surface area contributed by atoms with Gasteiger partial charge in [0, 0.05) is 5.70 Å². The Morgan fingerprint density at radius 3 is 1.67 bits per heavy atom. The lowest BCUT2D eigenvalue weighted by Gasteiger charge is -2.08. The van der Waals surface area contributed by atoms with Gasteiger partial charge in [-0.25, -0.2) is 0 Å². The number of ether oxygens (including phenoxy) is 2. The number of benzene rings is 2. The van der Waals surface area contributed by atoms with Gasteiger partial charge in [0.05, 0.1) is 13.2 Å². The van der Waals surface area contributed by atoms with E-state index in [0.717, 1.165) is 47.6 Å². The minimum Gasteiger partial charge on any atom is -0.494 e. The average molecular weight is 406 g/mol. The number of nitrogens with one attached hydrogen (secondary N) is 1. The molecule has 0 saturated heterocycles. The molecule has 0 aliphatic heterocycles. The van der Waals surface area contributed by atoms with E-state index in [9.17, 15) is 0 Å². The predicted molar refractivity (Wildman–Crippen MR) is 126 cm³/mol. The van der Waals surface area contributed by atoms with Crippen LogP contribution in [0.15, 0.2) is 72.5 Å². The quantitative estimate of drug-likeness (QED) is 0.197. The summed E-state index contributed by atoms with van der Waals surface area (Å²) in [5.41, 5.74) is 13.9. The molecular weight excluding hydrogens is 374 g/mol. The van der Waals surface area contributed by atoms with E-state index in [0.29, 0.717) is 13.2 Å². The van der Waals surface area contributed by atoms with Gasteiger partial charge in [0.1, 0.15) is 17.3 Å². The Labute approximate surface area is 179 Å². The molecular formula is C25H31N3O2. The molecule has 5 nitrogen and oxygen atoms in total. The molecule has 0 aliphatic rings. The lowest BCUT2D eigenvalue weighted by Crippen LogP contribution is -2.03. The van der Waals surface area contributed by atoms with Crippen LogP contribution in [0.4, 0.5) is 0 Å². The Bertz CT molecular complexity index is 866. The molecule has 0 radical (unpaired) electrons. The van der Waals surface area contributed by atoms with E-state index in [2.05, 4.69) is 0 Å². The van der Waals surface area contributed by atoms with Crippen molar-refractivity contribution in [2.24, 2.45) is 11.5 Å². The highest BCUT2D eigenvalue weighted by atomic mass is 16.5. The van der Waals surface area contributed by atoms with Gasteiger partial charge >= 0.3 is 0 Å². The molecule has 0 saturated carbocycles. The number of unbranched alkanes of at least 4 members (excludes halogenated alkanes) is 2. The van der Waals surface area contributed by atoms with Gasteiger partial charge in [0.25, 0.3) is 0 Å². The molecule has 2 aromatic carbocycles. The number of amidine groups is 1. The van der Waals surface area contributed by atoms with Gasteiger partial charge in [0.15, 0.2) is 0 Å². The Morgan fingerprint density at radius 2 is 1.23 bits per heavy atom. The van der Waals surface area contributed by atoms with E-state index in [1.165, 1.54) is 0 Å². The molecule has 0 fully saturated rings. The molecule has 0 atom stereocenters. The fourth-order valence-corrected chi connectivity index (χ4v) is 2.59. The van der Waals surface area contributed by atoms with Crippen molar-refractivity contribution in [2.45, 2.75) is 26.2 Å². The predicted octanol–water partition coefficient (Wildman–Crippen LogP) is 5.14. The maximum Gasteiger partial charge on any atom is 0.119 e. The number of nitrogens with two attached hydrogens (primary N) is 2. The molecule has 158 valence electrons. The number of allylic oxidation sites excluding steroid dienone is 2. The first-order chi connectivity index (χ1) is 14.6. The molecule has 0 bridgehead atoms. The van der Waals surface area contributed by atoms with Crippen LogP contribution >= 0.6 is 0 Å². The minimum absolute atomic E-state index is 0.0409. The van der Waals surface area contributed by atoms with E-state index in [1.807, 2.05) is 73.7 Å². The van der Waals surface area contributed by atoms with Crippen molar-refractivity contribution >= 4 is 18.0 Å². The van der Waals surface area contributed by atoms with Gasteiger partial charge in [-0.3, -0.25) is 5.41 Å². The van der Waals surface area contributed by atoms with Crippen LogP contribution < -0.4 is 20.9 Å². The molecule has 0 amide bonds. The Morgan fingerprint density at radius 1 is 0.767 bits per heavy atom. The van der Waals surface area contributed by atoms with Gasteiger partial charge in [-0.2, -0.15) is 0 Å². The number of hydrogen-bond donors (Lipinski definition) is 3. The second-order valence-electron chi connectivity index (χ2n) is 6.81. The third kappa shape index (κ3) is 9.15. The van der Waals surface area contributed by atoms with Crippen LogP contribution in [-0.4, -0.2) is 19.0 Å². The monoisotopic (exact) mass is 405 g/mol. The van der Waals surface area contributed by atoms with Gasteiger partial charge in [-0.1, -0.05) is 42.5 Å². The van der Waals surface area contributed by atoms with Crippen molar-refractivity contribution in [3.63, 3.8) is 0 Å². The fourth-order valence-electron chi connectivity index (χ4n) is 2.59. The standard InChI is InChI=1S/C25H31N3O2/c1-2-22(26)12-6-20-7-13-23(14-8-20)29-18-4-3-5-19-30-24-15-9-21(10-16-24)11-17-25(27)28/h2,6-17H,3-5,18-19,26H2,1H3,(H3,27,28)/b12-6+,17-11+,22-2+. The largest absolute Gasteiger partial charge is 0.494 e. The van der Waals surface area contributed by atoms with Crippen molar-refractivity contribution in [1.82, 2.24) is 0 Å². The first-order valence-corrected chi connectivity index (χ1v) is 10.1. The smallest absolute Gasteiger partial charge is 0.119 e. The molecule has 0 aromatic heterocycles. The minimum atomic E-state index is 0.0409. The maximum absolute atomic E-state index is 7.19. The summed E-state index contributed by atoms with van der Waals surface area (Å²) in [7, 11) is 0. The highest BCUT2D eigenvalue weighted by molar-refractivity contribution is 5.92. The summed E-state index contributed by atoms with van der Waals surface area (Å²) >= 11 is 0. The number of hydrogen-bond acceptors (Lipinski definition) is 4. The van der Waals surface area contributed by atoms with E-state index in [1.54, 1.807) is 12.2 Å². The summed E-state index contributed by atoms with van der Waals surface area (Å²) < 4.78 is 11.6. The van der Waals surface area contributed by atoms with Crippen LogP contribution in [0.3, 0.4) is 0 Å². The summed E-state index contributed by atoms with van der Waals surface area (Å²) in [4.78, 5) is 0. The lowest BCUT2D eigenvalue weighted by atomic mass is 10.2. The van der Waals surface area contributed by atoms with E-state index >= 15 is 0 Å². The summed E-state index contributed by atoms with van der Waals surface area (Å²) in [5, 5.41) is 7.19. The van der Waals surface area contributed by atoms with Gasteiger partial charge in [-0.15, -0.1) is 0 Å². The van der Waals surface area contributed by atoms with Crippen molar-refractivity contribution in [2.75, 3.05) is 13.2 Å². The molecule has 2 rings (SSSR count). The number of rotatable bonds is 12. The third-order valence-electron chi connectivity index (χ3n) is 4.34. The first-order valence-electron chi connectivity index (χ1n) is 10.1. The SMILES string of the molecule is C/C=C(N)\C=C\c1ccc(OCCCCCOc2ccc(/C=C/C(=N)N)cc2)cc1. The highest BCUT2D eigenvalue weighted by Crippen LogP contribution is 2.15. The van der Waals surface area contributed by atoms with Crippen molar-refractivity contribution in [1.29, 1.82) is 5.41 Å². The van der Waals surface area contributed by atoms with Crippen LogP contribution in [0.1, 0.15) is 37.3 Å². The second kappa shape index (κ2) is 12.9. The summed E-state index contributed by atoms with van der Waals surface area (Å²) in [6.07, 6.45) is 12.1. The van der Waals surface area contributed by atoms with Crippen molar-refractivity contribution in [3.8, 4) is 11.5 Å². The van der Waals surface area contributed by atoms with Crippen LogP contribution in [0.5, 0.6) is 11.5 Å². The molecule has 0 spiro atoms. The first kappa shape index (κ1) is 22.8. The molecule has 5 heteroatoms. The molecule has 0 heterocycles. The van der Waals surface area contributed by atoms with E-state index in [4.69, 9.17) is 26.4 Å².